The number of methoxy groups -OCH3 is 1. The Kier molecular flexibility index (Phi) is 4.29. The molecule has 20 heavy (non-hydrogen) atoms. The van der Waals surface area contributed by atoms with Gasteiger partial charge in [-0.1, -0.05) is 12.1 Å². The Morgan fingerprint density at radius 2 is 2.05 bits per heavy atom. The molecule has 0 unspecified atom stereocenters. The minimum absolute atomic E-state index is 0.00583. The number of anilines is 2. The second kappa shape index (κ2) is 5.96. The molecule has 1 aromatic carbocycles. The monoisotopic (exact) mass is 285 g/mol. The van der Waals surface area contributed by atoms with Crippen molar-refractivity contribution in [1.29, 1.82) is 0 Å². The first-order valence-corrected chi connectivity index (χ1v) is 5.95. The Morgan fingerprint density at radius 3 is 2.75 bits per heavy atom. The number of alkyl halides is 3. The van der Waals surface area contributed by atoms with Crippen molar-refractivity contribution >= 4 is 11.4 Å². The van der Waals surface area contributed by atoms with Crippen LogP contribution in [0, 0.1) is 0 Å². The van der Waals surface area contributed by atoms with E-state index < -0.39 is 11.7 Å². The molecule has 4 nitrogen and oxygen atoms in total. The number of nitrogens with zero attached hydrogens (tertiary/aromatic N) is 2. The van der Waals surface area contributed by atoms with Gasteiger partial charge in [0.2, 0.25) is 0 Å². The molecule has 1 heterocycles. The lowest BCUT2D eigenvalue weighted by Crippen LogP contribution is -2.08. The standard InChI is InChI=1S/C13H14F3N3O/c1-20-7-6-19-9-10(8-17-19)18-12-5-3-2-4-11(12)13(14,15)16/h2-5,8-9,18H,6-7H2,1H3. The van der Waals surface area contributed by atoms with Gasteiger partial charge in [0.15, 0.2) is 0 Å². The van der Waals surface area contributed by atoms with Crippen LogP contribution in [0.3, 0.4) is 0 Å². The second-order valence-corrected chi connectivity index (χ2v) is 4.15. The Bertz CT molecular complexity index is 566. The number of hydrogen-bond acceptors (Lipinski definition) is 3. The van der Waals surface area contributed by atoms with Gasteiger partial charge < -0.3 is 10.1 Å². The largest absolute Gasteiger partial charge is 0.418 e. The quantitative estimate of drug-likeness (QED) is 0.916. The molecule has 0 amide bonds. The van der Waals surface area contributed by atoms with Crippen LogP contribution in [-0.4, -0.2) is 23.5 Å². The molecule has 0 aliphatic heterocycles. The van der Waals surface area contributed by atoms with E-state index >= 15 is 0 Å². The highest BCUT2D eigenvalue weighted by molar-refractivity contribution is 5.62. The number of rotatable bonds is 5. The molecule has 1 N–H and O–H groups in total. The number of benzene rings is 1. The number of aromatic nitrogens is 2. The molecule has 0 spiro atoms. The van der Waals surface area contributed by atoms with Gasteiger partial charge in [-0.3, -0.25) is 4.68 Å². The predicted molar refractivity (Wildman–Crippen MR) is 68.8 cm³/mol. The smallest absolute Gasteiger partial charge is 0.383 e. The molecule has 1 aromatic heterocycles. The molecule has 0 saturated carbocycles. The molecular weight excluding hydrogens is 271 g/mol. The van der Waals surface area contributed by atoms with E-state index in [2.05, 4.69) is 10.4 Å². The first kappa shape index (κ1) is 14.4. The van der Waals surface area contributed by atoms with E-state index in [0.29, 0.717) is 18.8 Å². The van der Waals surface area contributed by atoms with E-state index in [1.54, 1.807) is 24.1 Å². The number of para-hydroxylation sites is 1. The Morgan fingerprint density at radius 1 is 1.30 bits per heavy atom. The highest BCUT2D eigenvalue weighted by atomic mass is 19.4. The molecule has 108 valence electrons. The van der Waals surface area contributed by atoms with Crippen LogP contribution in [-0.2, 0) is 17.5 Å². The average molecular weight is 285 g/mol. The number of nitrogens with one attached hydrogen (secondary N) is 1. The molecule has 0 bridgehead atoms. The van der Waals surface area contributed by atoms with Crippen molar-refractivity contribution in [2.45, 2.75) is 12.7 Å². The number of halogens is 3. The lowest BCUT2D eigenvalue weighted by molar-refractivity contribution is -0.136. The Balaban J connectivity index is 2.16. The van der Waals surface area contributed by atoms with Crippen LogP contribution in [0.4, 0.5) is 24.5 Å². The van der Waals surface area contributed by atoms with Crippen molar-refractivity contribution in [3.05, 3.63) is 42.2 Å². The van der Waals surface area contributed by atoms with Gasteiger partial charge in [-0.2, -0.15) is 18.3 Å². The summed E-state index contributed by atoms with van der Waals surface area (Å²) in [4.78, 5) is 0. The van der Waals surface area contributed by atoms with Crippen molar-refractivity contribution < 1.29 is 17.9 Å². The summed E-state index contributed by atoms with van der Waals surface area (Å²) in [6, 6.07) is 5.33. The number of ether oxygens (including phenoxy) is 1. The second-order valence-electron chi connectivity index (χ2n) is 4.15. The molecule has 0 fully saturated rings. The van der Waals surface area contributed by atoms with Crippen molar-refractivity contribution in [2.24, 2.45) is 0 Å². The maximum absolute atomic E-state index is 12.8. The summed E-state index contributed by atoms with van der Waals surface area (Å²) < 4.78 is 45.0. The topological polar surface area (TPSA) is 39.1 Å². The van der Waals surface area contributed by atoms with Gasteiger partial charge in [-0.05, 0) is 12.1 Å². The summed E-state index contributed by atoms with van der Waals surface area (Å²) in [7, 11) is 1.57. The maximum atomic E-state index is 12.8. The molecule has 0 saturated heterocycles. The zero-order valence-corrected chi connectivity index (χ0v) is 10.8. The fourth-order valence-electron chi connectivity index (χ4n) is 1.73. The van der Waals surface area contributed by atoms with E-state index in [0.717, 1.165) is 6.07 Å². The van der Waals surface area contributed by atoms with Gasteiger partial charge in [-0.25, -0.2) is 0 Å². The summed E-state index contributed by atoms with van der Waals surface area (Å²) in [6.45, 7) is 1.03. The highest BCUT2D eigenvalue weighted by Crippen LogP contribution is 2.35. The average Bonchev–Trinajstić information content (AvgIpc) is 2.83. The third-order valence-electron chi connectivity index (χ3n) is 2.67. The van der Waals surface area contributed by atoms with Crippen LogP contribution in [0.2, 0.25) is 0 Å². The van der Waals surface area contributed by atoms with Crippen molar-refractivity contribution in [2.75, 3.05) is 19.0 Å². The van der Waals surface area contributed by atoms with Gasteiger partial charge in [0.1, 0.15) is 0 Å². The summed E-state index contributed by atoms with van der Waals surface area (Å²) in [5, 5.41) is 6.77. The highest BCUT2D eigenvalue weighted by Gasteiger charge is 2.33. The van der Waals surface area contributed by atoms with Gasteiger partial charge in [-0.15, -0.1) is 0 Å². The lowest BCUT2D eigenvalue weighted by Gasteiger charge is -2.13. The van der Waals surface area contributed by atoms with Gasteiger partial charge in [0.25, 0.3) is 0 Å². The van der Waals surface area contributed by atoms with Crippen LogP contribution in [0.5, 0.6) is 0 Å². The lowest BCUT2D eigenvalue weighted by atomic mass is 10.1. The van der Waals surface area contributed by atoms with Crippen LogP contribution in [0.15, 0.2) is 36.7 Å². The first-order chi connectivity index (χ1) is 9.50. The fraction of sp³-hybridized carbons (Fsp3) is 0.308. The Labute approximate surface area is 114 Å². The number of hydrogen-bond donors (Lipinski definition) is 1. The van der Waals surface area contributed by atoms with Crippen LogP contribution >= 0.6 is 0 Å². The third kappa shape index (κ3) is 3.51. The van der Waals surface area contributed by atoms with Crippen molar-refractivity contribution in [1.82, 2.24) is 9.78 Å². The first-order valence-electron chi connectivity index (χ1n) is 5.95. The van der Waals surface area contributed by atoms with E-state index in [-0.39, 0.29) is 5.69 Å². The van der Waals surface area contributed by atoms with Gasteiger partial charge in [0.05, 0.1) is 36.3 Å². The van der Waals surface area contributed by atoms with Crippen molar-refractivity contribution in [3.8, 4) is 0 Å². The molecule has 0 radical (unpaired) electrons. The van der Waals surface area contributed by atoms with Crippen LogP contribution < -0.4 is 5.32 Å². The molecule has 0 aliphatic carbocycles. The summed E-state index contributed by atoms with van der Waals surface area (Å²) in [6.07, 6.45) is -1.29. The van der Waals surface area contributed by atoms with Crippen LogP contribution in [0.25, 0.3) is 0 Å². The molecule has 0 aliphatic rings. The van der Waals surface area contributed by atoms with E-state index in [1.807, 2.05) is 0 Å². The zero-order valence-electron chi connectivity index (χ0n) is 10.8. The van der Waals surface area contributed by atoms with E-state index in [4.69, 9.17) is 4.74 Å². The van der Waals surface area contributed by atoms with Crippen LogP contribution in [0.1, 0.15) is 5.56 Å². The molecule has 0 atom stereocenters. The normalized spacial score (nSPS) is 11.6. The molecule has 2 aromatic rings. The summed E-state index contributed by atoms with van der Waals surface area (Å²) >= 11 is 0. The van der Waals surface area contributed by atoms with E-state index in [1.165, 1.54) is 18.3 Å². The fourth-order valence-corrected chi connectivity index (χ4v) is 1.73. The molecular formula is C13H14F3N3O. The maximum Gasteiger partial charge on any atom is 0.418 e. The minimum Gasteiger partial charge on any atom is -0.383 e. The molecule has 7 heteroatoms. The predicted octanol–water partition coefficient (Wildman–Crippen LogP) is 3.29. The third-order valence-corrected chi connectivity index (χ3v) is 2.67. The summed E-state index contributed by atoms with van der Waals surface area (Å²) in [5.41, 5.74) is -0.200. The van der Waals surface area contributed by atoms with Crippen molar-refractivity contribution in [3.63, 3.8) is 0 Å². The van der Waals surface area contributed by atoms with Gasteiger partial charge >= 0.3 is 6.18 Å². The SMILES string of the molecule is COCCn1cc(Nc2ccccc2C(F)(F)F)cn1. The minimum atomic E-state index is -4.39. The Hall–Kier alpha value is -2.02. The summed E-state index contributed by atoms with van der Waals surface area (Å²) in [5.74, 6) is 0. The van der Waals surface area contributed by atoms with E-state index in [9.17, 15) is 13.2 Å². The van der Waals surface area contributed by atoms with Gasteiger partial charge in [0, 0.05) is 13.3 Å². The molecule has 2 rings (SSSR count). The zero-order chi connectivity index (χ0) is 14.6.